The van der Waals surface area contributed by atoms with Crippen molar-refractivity contribution in [3.63, 3.8) is 0 Å². The van der Waals surface area contributed by atoms with E-state index < -0.39 is 12.1 Å². The first-order chi connectivity index (χ1) is 9.93. The Bertz CT molecular complexity index is 612. The molecule has 0 radical (unpaired) electrons. The smallest absolute Gasteiger partial charge is 0.467 e. The molecule has 1 aromatic heterocycles. The van der Waals surface area contributed by atoms with Gasteiger partial charge in [-0.1, -0.05) is 12.1 Å². The highest BCUT2D eigenvalue weighted by atomic mass is 19.4. The zero-order valence-corrected chi connectivity index (χ0v) is 11.1. The van der Waals surface area contributed by atoms with Crippen molar-refractivity contribution >= 4 is 5.95 Å². The molecule has 1 heterocycles. The molecule has 0 saturated heterocycles. The molecule has 0 saturated carbocycles. The minimum Gasteiger partial charge on any atom is -0.467 e. The number of para-hydroxylation sites is 1. The number of methoxy groups -OCH3 is 1. The molecular weight excluding hydrogens is 289 g/mol. The van der Waals surface area contributed by atoms with E-state index in [1.54, 1.807) is 13.1 Å². The summed E-state index contributed by atoms with van der Waals surface area (Å²) in [5.41, 5.74) is 0.0759. The van der Waals surface area contributed by atoms with Gasteiger partial charge in [-0.25, -0.2) is 0 Å². The number of alkyl halides is 3. The summed E-state index contributed by atoms with van der Waals surface area (Å²) in [6.45, 7) is 0. The Kier molecular flexibility index (Phi) is 4.10. The maximum Gasteiger partial charge on any atom is 0.573 e. The predicted molar refractivity (Wildman–Crippen MR) is 68.0 cm³/mol. The van der Waals surface area contributed by atoms with E-state index in [0.29, 0.717) is 0 Å². The summed E-state index contributed by atoms with van der Waals surface area (Å²) in [6, 6.07) is 5.54. The van der Waals surface area contributed by atoms with Crippen molar-refractivity contribution < 1.29 is 22.6 Å². The summed E-state index contributed by atoms with van der Waals surface area (Å²) >= 11 is 0. The van der Waals surface area contributed by atoms with Crippen LogP contribution in [0.1, 0.15) is 0 Å². The molecule has 1 N–H and O–H groups in total. The summed E-state index contributed by atoms with van der Waals surface area (Å²) in [6.07, 6.45) is -4.81. The van der Waals surface area contributed by atoms with Crippen LogP contribution in [0, 0.1) is 0 Å². The summed E-state index contributed by atoms with van der Waals surface area (Å²) in [5.74, 6) is -0.231. The van der Waals surface area contributed by atoms with Crippen LogP contribution in [0.4, 0.5) is 19.1 Å². The van der Waals surface area contributed by atoms with Gasteiger partial charge in [0.1, 0.15) is 5.75 Å². The number of hydrogen-bond acceptors (Lipinski definition) is 6. The van der Waals surface area contributed by atoms with E-state index in [-0.39, 0.29) is 23.3 Å². The number of nitrogens with zero attached hydrogens (tertiary/aromatic N) is 3. The van der Waals surface area contributed by atoms with Crippen molar-refractivity contribution in [1.29, 1.82) is 0 Å². The molecule has 2 rings (SSSR count). The molecule has 0 spiro atoms. The Morgan fingerprint density at radius 1 is 1.10 bits per heavy atom. The van der Waals surface area contributed by atoms with Gasteiger partial charge in [0.15, 0.2) is 5.82 Å². The summed E-state index contributed by atoms with van der Waals surface area (Å²) in [4.78, 5) is 11.8. The lowest BCUT2D eigenvalue weighted by atomic mass is 10.2. The maximum absolute atomic E-state index is 12.4. The van der Waals surface area contributed by atoms with Gasteiger partial charge in [-0.2, -0.15) is 15.0 Å². The number of hydrogen-bond donors (Lipinski definition) is 1. The Balaban J connectivity index is 2.51. The van der Waals surface area contributed by atoms with E-state index in [1.165, 1.54) is 25.3 Å². The molecule has 0 aliphatic rings. The Morgan fingerprint density at radius 3 is 2.43 bits per heavy atom. The van der Waals surface area contributed by atoms with Crippen LogP contribution in [0.3, 0.4) is 0 Å². The summed E-state index contributed by atoms with van der Waals surface area (Å²) in [7, 11) is 2.91. The van der Waals surface area contributed by atoms with Gasteiger partial charge >= 0.3 is 12.4 Å². The lowest BCUT2D eigenvalue weighted by Gasteiger charge is -2.13. The van der Waals surface area contributed by atoms with Gasteiger partial charge in [-0.15, -0.1) is 13.2 Å². The van der Waals surface area contributed by atoms with Gasteiger partial charge in [-0.05, 0) is 12.1 Å². The molecule has 21 heavy (non-hydrogen) atoms. The SMILES string of the molecule is CNc1nc(OC)nc(-c2ccccc2OC(F)(F)F)n1. The van der Waals surface area contributed by atoms with Crippen LogP contribution in [-0.2, 0) is 0 Å². The van der Waals surface area contributed by atoms with Gasteiger partial charge in [0, 0.05) is 7.05 Å². The summed E-state index contributed by atoms with van der Waals surface area (Å²) in [5, 5.41) is 2.67. The molecule has 9 heteroatoms. The minimum absolute atomic E-state index is 0.00560. The van der Waals surface area contributed by atoms with Gasteiger partial charge in [0.05, 0.1) is 12.7 Å². The Labute approximate surface area is 118 Å². The zero-order chi connectivity index (χ0) is 15.5. The highest BCUT2D eigenvalue weighted by molar-refractivity contribution is 5.65. The number of nitrogens with one attached hydrogen (secondary N) is 1. The van der Waals surface area contributed by atoms with Crippen LogP contribution in [-0.4, -0.2) is 35.5 Å². The number of rotatable bonds is 4. The fraction of sp³-hybridized carbons (Fsp3) is 0.250. The van der Waals surface area contributed by atoms with E-state index >= 15 is 0 Å². The monoisotopic (exact) mass is 300 g/mol. The lowest BCUT2D eigenvalue weighted by molar-refractivity contribution is -0.274. The number of anilines is 1. The number of aromatic nitrogens is 3. The molecule has 0 bridgehead atoms. The molecule has 0 atom stereocenters. The first kappa shape index (κ1) is 14.8. The molecule has 0 fully saturated rings. The van der Waals surface area contributed by atoms with Gasteiger partial charge in [-0.3, -0.25) is 0 Å². The average Bonchev–Trinajstić information content (AvgIpc) is 2.45. The van der Waals surface area contributed by atoms with Crippen molar-refractivity contribution in [1.82, 2.24) is 15.0 Å². The van der Waals surface area contributed by atoms with E-state index in [4.69, 9.17) is 4.74 Å². The van der Waals surface area contributed by atoms with Crippen molar-refractivity contribution in [2.45, 2.75) is 6.36 Å². The number of benzene rings is 1. The molecule has 0 unspecified atom stereocenters. The molecular formula is C12H11F3N4O2. The quantitative estimate of drug-likeness (QED) is 0.935. The molecule has 6 nitrogen and oxygen atoms in total. The van der Waals surface area contributed by atoms with E-state index in [9.17, 15) is 13.2 Å². The molecule has 2 aromatic rings. The third-order valence-corrected chi connectivity index (χ3v) is 2.37. The van der Waals surface area contributed by atoms with Crippen molar-refractivity contribution in [3.05, 3.63) is 24.3 Å². The molecule has 0 aliphatic heterocycles. The number of ether oxygens (including phenoxy) is 2. The second-order valence-electron chi connectivity index (χ2n) is 3.76. The fourth-order valence-corrected chi connectivity index (χ4v) is 1.55. The second kappa shape index (κ2) is 5.81. The highest BCUT2D eigenvalue weighted by Crippen LogP contribution is 2.32. The number of halogens is 3. The first-order valence-electron chi connectivity index (χ1n) is 5.76. The van der Waals surface area contributed by atoms with Gasteiger partial charge < -0.3 is 14.8 Å². The zero-order valence-electron chi connectivity index (χ0n) is 11.1. The first-order valence-corrected chi connectivity index (χ1v) is 5.76. The average molecular weight is 300 g/mol. The molecule has 112 valence electrons. The molecule has 1 aromatic carbocycles. The normalized spacial score (nSPS) is 11.1. The van der Waals surface area contributed by atoms with Crippen molar-refractivity contribution in [2.24, 2.45) is 0 Å². The molecule has 0 aliphatic carbocycles. The van der Waals surface area contributed by atoms with Gasteiger partial charge in [0.25, 0.3) is 0 Å². The standard InChI is InChI=1S/C12H11F3N4O2/c1-16-10-17-9(18-11(19-10)20-2)7-5-3-4-6-8(7)21-12(13,14)15/h3-6H,1-2H3,(H,16,17,18,19). The maximum atomic E-state index is 12.4. The third kappa shape index (κ3) is 3.71. The fourth-order valence-electron chi connectivity index (χ4n) is 1.55. The van der Waals surface area contributed by atoms with Crippen LogP contribution in [0.5, 0.6) is 11.8 Å². The van der Waals surface area contributed by atoms with Crippen molar-refractivity contribution in [2.75, 3.05) is 19.5 Å². The van der Waals surface area contributed by atoms with E-state index in [1.807, 2.05) is 0 Å². The topological polar surface area (TPSA) is 69.2 Å². The van der Waals surface area contributed by atoms with E-state index in [2.05, 4.69) is 25.0 Å². The lowest BCUT2D eigenvalue weighted by Crippen LogP contribution is -2.17. The van der Waals surface area contributed by atoms with Crippen molar-refractivity contribution in [3.8, 4) is 23.1 Å². The van der Waals surface area contributed by atoms with E-state index in [0.717, 1.165) is 0 Å². The van der Waals surface area contributed by atoms with Crippen LogP contribution in [0.25, 0.3) is 11.4 Å². The van der Waals surface area contributed by atoms with Crippen LogP contribution >= 0.6 is 0 Å². The summed E-state index contributed by atoms with van der Waals surface area (Å²) < 4.78 is 46.1. The van der Waals surface area contributed by atoms with Crippen LogP contribution in [0.15, 0.2) is 24.3 Å². The Hall–Kier alpha value is -2.58. The third-order valence-electron chi connectivity index (χ3n) is 2.37. The predicted octanol–water partition coefficient (Wildman–Crippen LogP) is 2.49. The second-order valence-corrected chi connectivity index (χ2v) is 3.76. The van der Waals surface area contributed by atoms with Crippen LogP contribution < -0.4 is 14.8 Å². The minimum atomic E-state index is -4.81. The molecule has 0 amide bonds. The van der Waals surface area contributed by atoms with Gasteiger partial charge in [0.2, 0.25) is 5.95 Å². The van der Waals surface area contributed by atoms with Crippen LogP contribution in [0.2, 0.25) is 0 Å². The largest absolute Gasteiger partial charge is 0.573 e. The highest BCUT2D eigenvalue weighted by Gasteiger charge is 2.32. The Morgan fingerprint density at radius 2 is 1.81 bits per heavy atom.